The summed E-state index contributed by atoms with van der Waals surface area (Å²) in [5, 5.41) is 3.33. The Morgan fingerprint density at radius 2 is 2.00 bits per heavy atom. The Bertz CT molecular complexity index is 469. The normalized spacial score (nSPS) is 15.7. The molecular weight excluding hydrogens is 284 g/mol. The molecule has 1 aliphatic rings. The van der Waals surface area contributed by atoms with Crippen LogP contribution in [0.1, 0.15) is 30.4 Å². The third-order valence-electron chi connectivity index (χ3n) is 3.50. The molecule has 0 radical (unpaired) electrons. The van der Waals surface area contributed by atoms with Crippen LogP contribution in [0.15, 0.2) is 18.2 Å². The maximum Gasteiger partial charge on any atom is 0.390 e. The fraction of sp³-hybridized carbons (Fsp3) is 0.600. The summed E-state index contributed by atoms with van der Waals surface area (Å²) in [7, 11) is 1.57. The maximum absolute atomic E-state index is 13.7. The molecule has 2 rings (SSSR count). The average molecular weight is 304 g/mol. The summed E-state index contributed by atoms with van der Waals surface area (Å²) in [6, 6.07) is 5.39. The van der Waals surface area contributed by atoms with E-state index in [9.17, 15) is 17.6 Å². The van der Waals surface area contributed by atoms with E-state index in [-0.39, 0.29) is 18.9 Å². The molecular formula is C15H20F4N2. The third kappa shape index (κ3) is 6.01. The van der Waals surface area contributed by atoms with Crippen molar-refractivity contribution < 1.29 is 17.6 Å². The molecule has 0 aliphatic heterocycles. The van der Waals surface area contributed by atoms with Crippen LogP contribution in [0.5, 0.6) is 0 Å². The topological polar surface area (TPSA) is 15.3 Å². The molecule has 0 saturated heterocycles. The highest BCUT2D eigenvalue weighted by Gasteiger charge is 2.27. The van der Waals surface area contributed by atoms with Crippen LogP contribution in [-0.4, -0.2) is 30.7 Å². The Hall–Kier alpha value is -1.14. The highest BCUT2D eigenvalue weighted by molar-refractivity contribution is 5.25. The van der Waals surface area contributed by atoms with Crippen LogP contribution in [0.3, 0.4) is 0 Å². The predicted octanol–water partition coefficient (Wildman–Crippen LogP) is 3.46. The molecule has 1 aromatic carbocycles. The summed E-state index contributed by atoms with van der Waals surface area (Å²) < 4.78 is 50.3. The van der Waals surface area contributed by atoms with Gasteiger partial charge in [-0.3, -0.25) is 0 Å². The molecule has 0 atom stereocenters. The number of rotatable bonds is 7. The second-order valence-corrected chi connectivity index (χ2v) is 5.68. The summed E-state index contributed by atoms with van der Waals surface area (Å²) in [4.78, 5) is 1.49. The van der Waals surface area contributed by atoms with E-state index < -0.39 is 12.6 Å². The van der Waals surface area contributed by atoms with Gasteiger partial charge >= 0.3 is 6.18 Å². The lowest BCUT2D eigenvalue weighted by atomic mass is 10.1. The average Bonchev–Trinajstić information content (AvgIpc) is 3.21. The fourth-order valence-corrected chi connectivity index (χ4v) is 2.10. The van der Waals surface area contributed by atoms with Gasteiger partial charge in [0.05, 0.1) is 6.42 Å². The third-order valence-corrected chi connectivity index (χ3v) is 3.50. The molecule has 1 aliphatic carbocycles. The van der Waals surface area contributed by atoms with Crippen LogP contribution in [0, 0.1) is 5.82 Å². The molecule has 6 heteroatoms. The van der Waals surface area contributed by atoms with E-state index >= 15 is 0 Å². The van der Waals surface area contributed by atoms with E-state index in [1.165, 1.54) is 23.8 Å². The van der Waals surface area contributed by atoms with Crippen molar-refractivity contribution in [2.75, 3.05) is 13.6 Å². The lowest BCUT2D eigenvalue weighted by molar-refractivity contribution is -0.137. The van der Waals surface area contributed by atoms with E-state index in [2.05, 4.69) is 5.32 Å². The zero-order chi connectivity index (χ0) is 15.5. The Balaban J connectivity index is 1.89. The molecule has 0 heterocycles. The van der Waals surface area contributed by atoms with E-state index in [4.69, 9.17) is 0 Å². The first kappa shape index (κ1) is 16.2. The number of nitrogens with one attached hydrogen (secondary N) is 1. The lowest BCUT2D eigenvalue weighted by Gasteiger charge is -2.18. The molecule has 0 bridgehead atoms. The minimum atomic E-state index is -4.18. The van der Waals surface area contributed by atoms with Gasteiger partial charge in [-0.25, -0.2) is 4.39 Å². The Labute approximate surface area is 122 Å². The molecule has 0 aromatic heterocycles. The predicted molar refractivity (Wildman–Crippen MR) is 73.3 cm³/mol. The van der Waals surface area contributed by atoms with Crippen molar-refractivity contribution in [3.05, 3.63) is 35.1 Å². The molecule has 1 saturated carbocycles. The van der Waals surface area contributed by atoms with Crippen LogP contribution >= 0.6 is 0 Å². The van der Waals surface area contributed by atoms with Crippen LogP contribution in [-0.2, 0) is 13.1 Å². The largest absolute Gasteiger partial charge is 0.390 e. The fourth-order valence-electron chi connectivity index (χ4n) is 2.10. The molecule has 0 amide bonds. The number of hydrogen-bond donors (Lipinski definition) is 1. The Morgan fingerprint density at radius 3 is 2.62 bits per heavy atom. The number of benzene rings is 1. The standard InChI is InChI=1S/C15H20F4N2/c1-21(7-6-15(17,18)19)10-12-8-11(2-5-14(12)16)9-20-13-3-4-13/h2,5,8,13,20H,3-4,6-7,9-10H2,1H3. The van der Waals surface area contributed by atoms with Crippen LogP contribution in [0.25, 0.3) is 0 Å². The van der Waals surface area contributed by atoms with Gasteiger partial charge in [-0.15, -0.1) is 0 Å². The summed E-state index contributed by atoms with van der Waals surface area (Å²) in [6.07, 6.45) is -2.71. The summed E-state index contributed by atoms with van der Waals surface area (Å²) >= 11 is 0. The summed E-state index contributed by atoms with van der Waals surface area (Å²) in [5.41, 5.74) is 1.40. The van der Waals surface area contributed by atoms with Crippen molar-refractivity contribution in [2.24, 2.45) is 0 Å². The zero-order valence-corrected chi connectivity index (χ0v) is 12.0. The van der Waals surface area contributed by atoms with Gasteiger partial charge in [0.2, 0.25) is 0 Å². The van der Waals surface area contributed by atoms with Gasteiger partial charge in [-0.2, -0.15) is 13.2 Å². The van der Waals surface area contributed by atoms with Crippen molar-refractivity contribution in [1.82, 2.24) is 10.2 Å². The van der Waals surface area contributed by atoms with E-state index in [0.717, 1.165) is 5.56 Å². The van der Waals surface area contributed by atoms with Gasteiger partial charge in [0, 0.05) is 31.2 Å². The first-order valence-corrected chi connectivity index (χ1v) is 7.09. The second kappa shape index (κ2) is 6.75. The van der Waals surface area contributed by atoms with Crippen LogP contribution in [0.4, 0.5) is 17.6 Å². The smallest absolute Gasteiger partial charge is 0.310 e. The Kier molecular flexibility index (Phi) is 5.22. The van der Waals surface area contributed by atoms with Crippen molar-refractivity contribution in [3.63, 3.8) is 0 Å². The minimum Gasteiger partial charge on any atom is -0.310 e. The van der Waals surface area contributed by atoms with Gasteiger partial charge in [0.15, 0.2) is 0 Å². The van der Waals surface area contributed by atoms with Gasteiger partial charge in [-0.1, -0.05) is 12.1 Å². The van der Waals surface area contributed by atoms with Crippen LogP contribution < -0.4 is 5.32 Å². The van der Waals surface area contributed by atoms with E-state index in [1.54, 1.807) is 19.2 Å². The molecule has 0 unspecified atom stereocenters. The minimum absolute atomic E-state index is 0.131. The quantitative estimate of drug-likeness (QED) is 0.776. The van der Waals surface area contributed by atoms with E-state index in [1.807, 2.05) is 0 Å². The first-order valence-electron chi connectivity index (χ1n) is 7.09. The number of nitrogens with zero attached hydrogens (tertiary/aromatic N) is 1. The summed E-state index contributed by atoms with van der Waals surface area (Å²) in [6.45, 7) is 0.719. The van der Waals surface area contributed by atoms with Gasteiger partial charge < -0.3 is 10.2 Å². The van der Waals surface area contributed by atoms with Crippen molar-refractivity contribution in [1.29, 1.82) is 0 Å². The molecule has 1 fully saturated rings. The Morgan fingerprint density at radius 1 is 1.29 bits per heavy atom. The summed E-state index contributed by atoms with van der Waals surface area (Å²) in [5.74, 6) is -0.371. The van der Waals surface area contributed by atoms with E-state index in [0.29, 0.717) is 18.2 Å². The SMILES string of the molecule is CN(CCC(F)(F)F)Cc1cc(CNC2CC2)ccc1F. The zero-order valence-electron chi connectivity index (χ0n) is 12.0. The van der Waals surface area contributed by atoms with Gasteiger partial charge in [0.25, 0.3) is 0 Å². The molecule has 1 aromatic rings. The highest BCUT2D eigenvalue weighted by Crippen LogP contribution is 2.21. The molecule has 118 valence electrons. The van der Waals surface area contributed by atoms with Crippen molar-refractivity contribution in [3.8, 4) is 0 Å². The monoisotopic (exact) mass is 304 g/mol. The van der Waals surface area contributed by atoms with Crippen LogP contribution in [0.2, 0.25) is 0 Å². The number of hydrogen-bond acceptors (Lipinski definition) is 2. The van der Waals surface area contributed by atoms with Crippen molar-refractivity contribution >= 4 is 0 Å². The van der Waals surface area contributed by atoms with Gasteiger partial charge in [0.1, 0.15) is 5.82 Å². The molecule has 21 heavy (non-hydrogen) atoms. The first-order chi connectivity index (χ1) is 9.83. The second-order valence-electron chi connectivity index (χ2n) is 5.68. The number of halogens is 4. The number of alkyl halides is 3. The maximum atomic E-state index is 13.7. The molecule has 0 spiro atoms. The molecule has 1 N–H and O–H groups in total. The highest BCUT2D eigenvalue weighted by atomic mass is 19.4. The molecule has 2 nitrogen and oxygen atoms in total. The van der Waals surface area contributed by atoms with Gasteiger partial charge in [-0.05, 0) is 31.5 Å². The van der Waals surface area contributed by atoms with Crippen molar-refractivity contribution in [2.45, 2.75) is 44.6 Å². The lowest BCUT2D eigenvalue weighted by Crippen LogP contribution is -2.24.